The van der Waals surface area contributed by atoms with Gasteiger partial charge >= 0.3 is 0 Å². The van der Waals surface area contributed by atoms with E-state index in [2.05, 4.69) is 10.1 Å². The smallest absolute Gasteiger partial charge is 0.245 e. The summed E-state index contributed by atoms with van der Waals surface area (Å²) in [4.78, 5) is 21.8. The number of nitriles is 1. The number of ether oxygens (including phenoxy) is 1. The third-order valence-corrected chi connectivity index (χ3v) is 1.40. The maximum Gasteiger partial charge on any atom is 0.245 e. The minimum atomic E-state index is -1.20. The Morgan fingerprint density at radius 1 is 1.62 bits per heavy atom. The normalized spacial score (nSPS) is 11.5. The van der Waals surface area contributed by atoms with E-state index >= 15 is 0 Å². The number of methoxy groups -OCH3 is 1. The van der Waals surface area contributed by atoms with E-state index in [0.29, 0.717) is 13.2 Å². The van der Waals surface area contributed by atoms with Crippen molar-refractivity contribution in [2.24, 2.45) is 5.92 Å². The van der Waals surface area contributed by atoms with Crippen molar-refractivity contribution in [1.29, 1.82) is 5.26 Å². The first-order valence-corrected chi connectivity index (χ1v) is 3.80. The van der Waals surface area contributed by atoms with E-state index in [1.807, 2.05) is 0 Å². The maximum atomic E-state index is 11.1. The zero-order valence-electron chi connectivity index (χ0n) is 7.66. The third-order valence-electron chi connectivity index (χ3n) is 1.40. The molecule has 72 valence electrons. The number of rotatable bonds is 5. The Balaban J connectivity index is 3.95. The molecule has 0 rings (SSSR count). The quantitative estimate of drug-likeness (QED) is 0.460. The molecule has 5 heteroatoms. The van der Waals surface area contributed by atoms with Crippen LogP contribution in [0, 0.1) is 17.2 Å². The van der Waals surface area contributed by atoms with E-state index in [1.54, 1.807) is 6.07 Å². The Labute approximate surface area is 76.7 Å². The Morgan fingerprint density at radius 3 is 2.62 bits per heavy atom. The fourth-order valence-electron chi connectivity index (χ4n) is 0.712. The summed E-state index contributed by atoms with van der Waals surface area (Å²) in [5.41, 5.74) is 0. The average Bonchev–Trinajstić information content (AvgIpc) is 2.05. The largest absolute Gasteiger partial charge is 0.383 e. The molecular formula is C8H12N2O3. The molecule has 0 fully saturated rings. The van der Waals surface area contributed by atoms with Gasteiger partial charge < -0.3 is 10.1 Å². The van der Waals surface area contributed by atoms with Crippen LogP contribution in [-0.4, -0.2) is 32.0 Å². The molecule has 0 aromatic rings. The molecule has 0 spiro atoms. The molecule has 1 unspecified atom stereocenters. The van der Waals surface area contributed by atoms with Crippen molar-refractivity contribution in [3.05, 3.63) is 0 Å². The monoisotopic (exact) mass is 184 g/mol. The molecule has 0 heterocycles. The average molecular weight is 184 g/mol. The van der Waals surface area contributed by atoms with Gasteiger partial charge in [0, 0.05) is 13.7 Å². The lowest BCUT2D eigenvalue weighted by Crippen LogP contribution is -2.35. The van der Waals surface area contributed by atoms with Crippen LogP contribution in [0.1, 0.15) is 6.92 Å². The molecule has 1 N–H and O–H groups in total. The van der Waals surface area contributed by atoms with E-state index in [-0.39, 0.29) is 0 Å². The molecule has 0 saturated carbocycles. The zero-order chi connectivity index (χ0) is 10.3. The molecule has 0 bridgehead atoms. The van der Waals surface area contributed by atoms with Crippen LogP contribution in [0.3, 0.4) is 0 Å². The van der Waals surface area contributed by atoms with Crippen molar-refractivity contribution in [3.63, 3.8) is 0 Å². The Morgan fingerprint density at radius 2 is 2.23 bits per heavy atom. The molecule has 0 saturated heterocycles. The van der Waals surface area contributed by atoms with Crippen molar-refractivity contribution in [2.45, 2.75) is 6.92 Å². The van der Waals surface area contributed by atoms with Gasteiger partial charge in [0.15, 0.2) is 11.7 Å². The molecule has 1 amide bonds. The Bertz CT molecular complexity index is 232. The topological polar surface area (TPSA) is 79.2 Å². The Kier molecular flexibility index (Phi) is 5.48. The number of amides is 1. The van der Waals surface area contributed by atoms with E-state index < -0.39 is 17.6 Å². The number of nitrogens with one attached hydrogen (secondary N) is 1. The second-order valence-electron chi connectivity index (χ2n) is 2.46. The maximum absolute atomic E-state index is 11.1. The van der Waals surface area contributed by atoms with Crippen LogP contribution in [0.25, 0.3) is 0 Å². The third kappa shape index (κ3) is 4.23. The van der Waals surface area contributed by atoms with Crippen LogP contribution in [0.4, 0.5) is 0 Å². The minimum Gasteiger partial charge on any atom is -0.383 e. The molecular weight excluding hydrogens is 172 g/mol. The number of nitrogens with zero attached hydrogens (tertiary/aromatic N) is 1. The summed E-state index contributed by atoms with van der Waals surface area (Å²) in [6.45, 7) is 1.88. The summed E-state index contributed by atoms with van der Waals surface area (Å²) in [6.07, 6.45) is 0. The fourth-order valence-corrected chi connectivity index (χ4v) is 0.712. The van der Waals surface area contributed by atoms with Gasteiger partial charge in [0.1, 0.15) is 0 Å². The number of carbonyl (C=O) groups excluding carboxylic acids is 2. The number of hydrogen-bond acceptors (Lipinski definition) is 4. The summed E-state index contributed by atoms with van der Waals surface area (Å²) in [5.74, 6) is -2.21. The molecule has 13 heavy (non-hydrogen) atoms. The summed E-state index contributed by atoms with van der Waals surface area (Å²) < 4.78 is 4.68. The summed E-state index contributed by atoms with van der Waals surface area (Å²) in [5, 5.41) is 10.9. The molecule has 0 aliphatic heterocycles. The zero-order valence-corrected chi connectivity index (χ0v) is 7.66. The van der Waals surface area contributed by atoms with Gasteiger partial charge in [0.25, 0.3) is 0 Å². The van der Waals surface area contributed by atoms with Gasteiger partial charge in [-0.05, 0) is 6.92 Å². The first-order chi connectivity index (χ1) is 6.13. The van der Waals surface area contributed by atoms with Crippen LogP contribution < -0.4 is 5.32 Å². The van der Waals surface area contributed by atoms with Crippen LogP contribution in [0.5, 0.6) is 0 Å². The van der Waals surface area contributed by atoms with E-state index in [1.165, 1.54) is 14.0 Å². The van der Waals surface area contributed by atoms with E-state index in [4.69, 9.17) is 5.26 Å². The highest BCUT2D eigenvalue weighted by Gasteiger charge is 2.21. The van der Waals surface area contributed by atoms with Gasteiger partial charge in [-0.25, -0.2) is 0 Å². The van der Waals surface area contributed by atoms with Gasteiger partial charge in [0.05, 0.1) is 12.7 Å². The Hall–Kier alpha value is -1.41. The molecule has 0 aliphatic rings. The number of hydrogen-bond donors (Lipinski definition) is 1. The first-order valence-electron chi connectivity index (χ1n) is 3.80. The lowest BCUT2D eigenvalue weighted by molar-refractivity contribution is -0.130. The predicted molar refractivity (Wildman–Crippen MR) is 44.7 cm³/mol. The highest BCUT2D eigenvalue weighted by atomic mass is 16.5. The molecule has 0 aromatic heterocycles. The number of carbonyl (C=O) groups is 2. The highest BCUT2D eigenvalue weighted by molar-refractivity contribution is 6.02. The van der Waals surface area contributed by atoms with Gasteiger partial charge in [-0.3, -0.25) is 9.59 Å². The summed E-state index contributed by atoms with van der Waals surface area (Å²) >= 11 is 0. The molecule has 0 radical (unpaired) electrons. The van der Waals surface area contributed by atoms with Crippen LogP contribution >= 0.6 is 0 Å². The van der Waals surface area contributed by atoms with Crippen molar-refractivity contribution >= 4 is 11.7 Å². The van der Waals surface area contributed by atoms with Crippen LogP contribution in [-0.2, 0) is 14.3 Å². The second-order valence-corrected chi connectivity index (χ2v) is 2.46. The molecule has 0 aromatic carbocycles. The lowest BCUT2D eigenvalue weighted by Gasteiger charge is -2.06. The van der Waals surface area contributed by atoms with Gasteiger partial charge in [-0.1, -0.05) is 0 Å². The summed E-state index contributed by atoms with van der Waals surface area (Å²) in [6, 6.07) is 1.63. The fraction of sp³-hybridized carbons (Fsp3) is 0.625. The van der Waals surface area contributed by atoms with Crippen molar-refractivity contribution in [3.8, 4) is 6.07 Å². The minimum absolute atomic E-state index is 0.306. The summed E-state index contributed by atoms with van der Waals surface area (Å²) in [7, 11) is 1.50. The SMILES string of the molecule is COCCNC(=O)C(C#N)C(C)=O. The van der Waals surface area contributed by atoms with Gasteiger partial charge in [-0.15, -0.1) is 0 Å². The van der Waals surface area contributed by atoms with Crippen LogP contribution in [0.2, 0.25) is 0 Å². The van der Waals surface area contributed by atoms with E-state index in [0.717, 1.165) is 0 Å². The molecule has 5 nitrogen and oxygen atoms in total. The first kappa shape index (κ1) is 11.6. The number of ketones is 1. The molecule has 1 atom stereocenters. The van der Waals surface area contributed by atoms with Crippen LogP contribution in [0.15, 0.2) is 0 Å². The van der Waals surface area contributed by atoms with Gasteiger partial charge in [-0.2, -0.15) is 5.26 Å². The molecule has 0 aliphatic carbocycles. The number of Topliss-reactive ketones (excluding diaryl/α,β-unsaturated/α-hetero) is 1. The standard InChI is InChI=1S/C8H12N2O3/c1-6(11)7(5-9)8(12)10-3-4-13-2/h7H,3-4H2,1-2H3,(H,10,12). The van der Waals surface area contributed by atoms with E-state index in [9.17, 15) is 9.59 Å². The van der Waals surface area contributed by atoms with Crippen molar-refractivity contribution in [1.82, 2.24) is 5.32 Å². The van der Waals surface area contributed by atoms with Gasteiger partial charge in [0.2, 0.25) is 5.91 Å². The van der Waals surface area contributed by atoms with Crippen molar-refractivity contribution < 1.29 is 14.3 Å². The predicted octanol–water partition coefficient (Wildman–Crippen LogP) is -0.522. The highest BCUT2D eigenvalue weighted by Crippen LogP contribution is 1.95. The lowest BCUT2D eigenvalue weighted by atomic mass is 10.1. The van der Waals surface area contributed by atoms with Crippen molar-refractivity contribution in [2.75, 3.05) is 20.3 Å². The second kappa shape index (κ2) is 6.14.